The molecule has 0 aliphatic rings. The summed E-state index contributed by atoms with van der Waals surface area (Å²) in [5.41, 5.74) is 3.21. The van der Waals surface area contributed by atoms with Crippen molar-refractivity contribution in [2.45, 2.75) is 46.6 Å². The van der Waals surface area contributed by atoms with E-state index in [4.69, 9.17) is 0 Å². The Morgan fingerprint density at radius 2 is 1.88 bits per heavy atom. The van der Waals surface area contributed by atoms with Gasteiger partial charge in [0.1, 0.15) is 5.75 Å². The van der Waals surface area contributed by atoms with Crippen molar-refractivity contribution < 1.29 is 5.11 Å². The Labute approximate surface area is 98.7 Å². The molecule has 0 heterocycles. The molecule has 0 aliphatic heterocycles. The summed E-state index contributed by atoms with van der Waals surface area (Å²) < 4.78 is 0. The van der Waals surface area contributed by atoms with Crippen LogP contribution in [0.1, 0.15) is 44.4 Å². The number of benzene rings is 1. The molecule has 0 amide bonds. The Hall–Kier alpha value is -1.02. The lowest BCUT2D eigenvalue weighted by Gasteiger charge is -2.23. The third kappa shape index (κ3) is 2.99. The first-order chi connectivity index (χ1) is 7.36. The fourth-order valence-electron chi connectivity index (χ4n) is 1.82. The van der Waals surface area contributed by atoms with Crippen LogP contribution in [0.3, 0.4) is 0 Å². The van der Waals surface area contributed by atoms with Gasteiger partial charge in [-0.05, 0) is 24.4 Å². The summed E-state index contributed by atoms with van der Waals surface area (Å²) in [6.07, 6.45) is 0. The van der Waals surface area contributed by atoms with Crippen molar-refractivity contribution in [1.82, 2.24) is 5.32 Å². The number of aryl methyl sites for hydroxylation is 1. The van der Waals surface area contributed by atoms with Crippen LogP contribution in [-0.4, -0.2) is 11.7 Å². The molecule has 0 atom stereocenters. The van der Waals surface area contributed by atoms with Crippen molar-refractivity contribution in [1.29, 1.82) is 0 Å². The summed E-state index contributed by atoms with van der Waals surface area (Å²) >= 11 is 0. The van der Waals surface area contributed by atoms with E-state index in [1.165, 1.54) is 5.56 Å². The highest BCUT2D eigenvalue weighted by atomic mass is 16.3. The Kier molecular flexibility index (Phi) is 3.98. The van der Waals surface area contributed by atoms with Gasteiger partial charge in [0, 0.05) is 12.1 Å². The van der Waals surface area contributed by atoms with E-state index in [1.807, 2.05) is 6.07 Å². The Morgan fingerprint density at radius 1 is 1.25 bits per heavy atom. The van der Waals surface area contributed by atoms with E-state index >= 15 is 0 Å². The average Bonchev–Trinajstić information content (AvgIpc) is 2.17. The molecule has 0 aliphatic carbocycles. The van der Waals surface area contributed by atoms with E-state index in [0.29, 0.717) is 5.75 Å². The highest BCUT2D eigenvalue weighted by Gasteiger charge is 2.20. The lowest BCUT2D eigenvalue weighted by molar-refractivity contribution is 0.437. The predicted octanol–water partition coefficient (Wildman–Crippen LogP) is 3.11. The molecule has 0 unspecified atom stereocenters. The summed E-state index contributed by atoms with van der Waals surface area (Å²) in [7, 11) is 0. The van der Waals surface area contributed by atoms with Crippen LogP contribution in [-0.2, 0) is 12.0 Å². The second kappa shape index (κ2) is 4.88. The van der Waals surface area contributed by atoms with Crippen molar-refractivity contribution in [3.8, 4) is 5.75 Å². The first-order valence-corrected chi connectivity index (χ1v) is 5.90. The lowest BCUT2D eigenvalue weighted by Crippen LogP contribution is -2.16. The standard InChI is InChI=1S/C14H23NO/c1-6-15-9-11-7-10(2)8-12(13(11)16)14(3,4)5/h7-8,15-16H,6,9H2,1-5H3. The molecule has 0 spiro atoms. The largest absolute Gasteiger partial charge is 0.507 e. The van der Waals surface area contributed by atoms with E-state index in [9.17, 15) is 5.11 Å². The van der Waals surface area contributed by atoms with Gasteiger partial charge >= 0.3 is 0 Å². The lowest BCUT2D eigenvalue weighted by atomic mass is 9.84. The van der Waals surface area contributed by atoms with E-state index in [2.05, 4.69) is 46.0 Å². The van der Waals surface area contributed by atoms with Gasteiger partial charge in [-0.15, -0.1) is 0 Å². The van der Waals surface area contributed by atoms with Crippen molar-refractivity contribution in [3.63, 3.8) is 0 Å². The molecule has 2 heteroatoms. The minimum absolute atomic E-state index is 0.0168. The molecular formula is C14H23NO. The third-order valence-electron chi connectivity index (χ3n) is 2.71. The van der Waals surface area contributed by atoms with Gasteiger partial charge < -0.3 is 10.4 Å². The van der Waals surface area contributed by atoms with Crippen molar-refractivity contribution >= 4 is 0 Å². The number of phenols is 1. The predicted molar refractivity (Wildman–Crippen MR) is 68.9 cm³/mol. The molecule has 0 fully saturated rings. The molecule has 1 aromatic rings. The van der Waals surface area contributed by atoms with Crippen LogP contribution in [0.5, 0.6) is 5.75 Å². The Morgan fingerprint density at radius 3 is 2.38 bits per heavy atom. The molecule has 1 aromatic carbocycles. The molecule has 0 radical (unpaired) electrons. The maximum absolute atomic E-state index is 10.2. The molecular weight excluding hydrogens is 198 g/mol. The zero-order valence-corrected chi connectivity index (χ0v) is 11.0. The molecule has 0 aromatic heterocycles. The zero-order valence-electron chi connectivity index (χ0n) is 11.0. The van der Waals surface area contributed by atoms with Crippen molar-refractivity contribution in [3.05, 3.63) is 28.8 Å². The van der Waals surface area contributed by atoms with E-state index in [0.717, 1.165) is 24.2 Å². The van der Waals surface area contributed by atoms with Crippen molar-refractivity contribution in [2.24, 2.45) is 0 Å². The number of aromatic hydroxyl groups is 1. The van der Waals surface area contributed by atoms with Crippen LogP contribution >= 0.6 is 0 Å². The second-order valence-corrected chi connectivity index (χ2v) is 5.35. The minimum atomic E-state index is -0.0168. The smallest absolute Gasteiger partial charge is 0.123 e. The first kappa shape index (κ1) is 13.0. The van der Waals surface area contributed by atoms with Crippen molar-refractivity contribution in [2.75, 3.05) is 6.54 Å². The van der Waals surface area contributed by atoms with E-state index in [1.54, 1.807) is 0 Å². The number of phenolic OH excluding ortho intramolecular Hbond substituents is 1. The molecule has 0 bridgehead atoms. The van der Waals surface area contributed by atoms with Gasteiger partial charge in [0.25, 0.3) is 0 Å². The Balaban J connectivity index is 3.16. The van der Waals surface area contributed by atoms with Gasteiger partial charge in [0.05, 0.1) is 0 Å². The summed E-state index contributed by atoms with van der Waals surface area (Å²) in [5, 5.41) is 13.5. The average molecular weight is 221 g/mol. The fraction of sp³-hybridized carbons (Fsp3) is 0.571. The second-order valence-electron chi connectivity index (χ2n) is 5.35. The molecule has 90 valence electrons. The molecule has 0 saturated carbocycles. The molecule has 1 rings (SSSR count). The third-order valence-corrected chi connectivity index (χ3v) is 2.71. The molecule has 16 heavy (non-hydrogen) atoms. The number of nitrogens with one attached hydrogen (secondary N) is 1. The summed E-state index contributed by atoms with van der Waals surface area (Å²) in [4.78, 5) is 0. The van der Waals surface area contributed by atoms with Gasteiger partial charge in [-0.25, -0.2) is 0 Å². The highest BCUT2D eigenvalue weighted by Crippen LogP contribution is 2.34. The number of rotatable bonds is 3. The van der Waals surface area contributed by atoms with E-state index < -0.39 is 0 Å². The van der Waals surface area contributed by atoms with Crippen LogP contribution in [0.15, 0.2) is 12.1 Å². The fourth-order valence-corrected chi connectivity index (χ4v) is 1.82. The van der Waals surface area contributed by atoms with Crippen LogP contribution in [0.4, 0.5) is 0 Å². The van der Waals surface area contributed by atoms with Gasteiger partial charge in [-0.2, -0.15) is 0 Å². The van der Waals surface area contributed by atoms with Gasteiger partial charge in [0.15, 0.2) is 0 Å². The molecule has 2 nitrogen and oxygen atoms in total. The molecule has 0 saturated heterocycles. The summed E-state index contributed by atoms with van der Waals surface area (Å²) in [6, 6.07) is 4.12. The monoisotopic (exact) mass is 221 g/mol. The zero-order chi connectivity index (χ0) is 12.3. The molecule has 2 N–H and O–H groups in total. The van der Waals surface area contributed by atoms with Crippen LogP contribution in [0, 0.1) is 6.92 Å². The summed E-state index contributed by atoms with van der Waals surface area (Å²) in [5.74, 6) is 0.444. The number of hydrogen-bond acceptors (Lipinski definition) is 2. The van der Waals surface area contributed by atoms with Gasteiger partial charge in [0.2, 0.25) is 0 Å². The van der Waals surface area contributed by atoms with E-state index in [-0.39, 0.29) is 5.41 Å². The quantitative estimate of drug-likeness (QED) is 0.822. The summed E-state index contributed by atoms with van der Waals surface area (Å²) in [6.45, 7) is 12.2. The Bertz CT molecular complexity index is 364. The minimum Gasteiger partial charge on any atom is -0.507 e. The van der Waals surface area contributed by atoms with Crippen LogP contribution in [0.2, 0.25) is 0 Å². The first-order valence-electron chi connectivity index (χ1n) is 5.90. The highest BCUT2D eigenvalue weighted by molar-refractivity contribution is 5.46. The van der Waals surface area contributed by atoms with Gasteiger partial charge in [-0.3, -0.25) is 0 Å². The topological polar surface area (TPSA) is 32.3 Å². The maximum atomic E-state index is 10.2. The van der Waals surface area contributed by atoms with Crippen LogP contribution < -0.4 is 5.32 Å². The van der Waals surface area contributed by atoms with Gasteiger partial charge in [-0.1, -0.05) is 45.4 Å². The maximum Gasteiger partial charge on any atom is 0.123 e. The normalized spacial score (nSPS) is 11.8. The van der Waals surface area contributed by atoms with Crippen LogP contribution in [0.25, 0.3) is 0 Å². The SMILES string of the molecule is CCNCc1cc(C)cc(C(C)(C)C)c1O. The number of hydrogen-bond donors (Lipinski definition) is 2.